The van der Waals surface area contributed by atoms with Gasteiger partial charge in [0.15, 0.2) is 0 Å². The Labute approximate surface area is 279 Å². The van der Waals surface area contributed by atoms with Gasteiger partial charge in [-0.3, -0.25) is 4.40 Å². The molecule has 11 aromatic rings. The molecule has 0 saturated carbocycles. The summed E-state index contributed by atoms with van der Waals surface area (Å²) in [5.74, 6) is 0. The fourth-order valence-corrected chi connectivity index (χ4v) is 8.90. The monoisotopic (exact) mass is 627 g/mol. The van der Waals surface area contributed by atoms with Crippen molar-refractivity contribution in [2.45, 2.75) is 0 Å². The number of nitrogens with zero attached hydrogens (tertiary/aromatic N) is 3. The minimum absolute atomic E-state index is 1.00. The number of fused-ring (bicyclic) bond motifs is 14. The van der Waals surface area contributed by atoms with Gasteiger partial charge < -0.3 is 0 Å². The van der Waals surface area contributed by atoms with Crippen LogP contribution in [0.15, 0.2) is 152 Å². The molecule has 0 saturated heterocycles. The summed E-state index contributed by atoms with van der Waals surface area (Å²) in [4.78, 5) is 11.4. The van der Waals surface area contributed by atoms with Crippen molar-refractivity contribution in [3.63, 3.8) is 0 Å². The van der Waals surface area contributed by atoms with Crippen molar-refractivity contribution in [2.24, 2.45) is 0 Å². The minimum atomic E-state index is 1.00. The molecule has 0 N–H and O–H groups in total. The molecule has 11 rings (SSSR count). The number of imidazole rings is 1. The second kappa shape index (κ2) is 9.71. The van der Waals surface area contributed by atoms with Crippen LogP contribution >= 0.6 is 11.3 Å². The van der Waals surface area contributed by atoms with Crippen LogP contribution in [0.2, 0.25) is 0 Å². The van der Waals surface area contributed by atoms with E-state index in [0.717, 1.165) is 32.5 Å². The fourth-order valence-electron chi connectivity index (χ4n) is 7.81. The predicted molar refractivity (Wildman–Crippen MR) is 204 cm³/mol. The molecule has 0 aliphatic heterocycles. The Morgan fingerprint density at radius 2 is 1.15 bits per heavy atom. The minimum Gasteiger partial charge on any atom is -0.292 e. The van der Waals surface area contributed by atoms with E-state index in [0.29, 0.717) is 0 Å². The number of hydrogen-bond acceptors (Lipinski definition) is 3. The van der Waals surface area contributed by atoms with E-state index < -0.39 is 0 Å². The van der Waals surface area contributed by atoms with Crippen LogP contribution in [0.5, 0.6) is 0 Å². The van der Waals surface area contributed by atoms with Crippen LogP contribution in [0.4, 0.5) is 0 Å². The van der Waals surface area contributed by atoms with E-state index in [4.69, 9.17) is 9.97 Å². The maximum absolute atomic E-state index is 5.18. The average Bonchev–Trinajstić information content (AvgIpc) is 3.72. The topological polar surface area (TPSA) is 30.2 Å². The summed E-state index contributed by atoms with van der Waals surface area (Å²) < 4.78 is 3.61. The molecule has 7 aromatic carbocycles. The highest BCUT2D eigenvalue weighted by atomic mass is 32.1. The highest BCUT2D eigenvalue weighted by Gasteiger charge is 2.18. The lowest BCUT2D eigenvalue weighted by Crippen LogP contribution is -1.93. The van der Waals surface area contributed by atoms with E-state index in [1.165, 1.54) is 70.0 Å². The standard InChI is InChI=1S/C44H25N3S/c1-2-10-30-27(9-1)21-23-31-34-25-29(22-24-37(34)47-38-15-7-6-14-36(38)45-43(47)41(30)31)26-17-19-28(20-18-26)40-32-11-3-5-13-35(32)46-44-42(40)33-12-4-8-16-39(33)48-44/h1-25H. The molecule has 4 heterocycles. The Bertz CT molecular complexity index is 3110. The number of hydrogen-bond donors (Lipinski definition) is 0. The lowest BCUT2D eigenvalue weighted by molar-refractivity contribution is 1.32. The molecular weight excluding hydrogens is 603 g/mol. The molecule has 4 heteroatoms. The Morgan fingerprint density at radius 3 is 2.04 bits per heavy atom. The smallest absolute Gasteiger partial charge is 0.147 e. The van der Waals surface area contributed by atoms with E-state index in [9.17, 15) is 0 Å². The van der Waals surface area contributed by atoms with Gasteiger partial charge in [-0.25, -0.2) is 9.97 Å². The Balaban J connectivity index is 1.15. The quantitative estimate of drug-likeness (QED) is 0.179. The second-order valence-electron chi connectivity index (χ2n) is 12.6. The number of para-hydroxylation sites is 3. The Hall–Kier alpha value is -6.10. The van der Waals surface area contributed by atoms with Crippen molar-refractivity contribution < 1.29 is 0 Å². The van der Waals surface area contributed by atoms with Gasteiger partial charge in [0.1, 0.15) is 10.5 Å². The molecule has 0 unspecified atom stereocenters. The summed E-state index contributed by atoms with van der Waals surface area (Å²) in [6.07, 6.45) is 0. The molecular formula is C44H25N3S. The van der Waals surface area contributed by atoms with Crippen LogP contribution in [-0.4, -0.2) is 14.4 Å². The third-order valence-electron chi connectivity index (χ3n) is 9.97. The highest BCUT2D eigenvalue weighted by Crippen LogP contribution is 2.43. The summed E-state index contributed by atoms with van der Waals surface area (Å²) in [6, 6.07) is 54.8. The van der Waals surface area contributed by atoms with Gasteiger partial charge in [0, 0.05) is 37.2 Å². The average molecular weight is 628 g/mol. The van der Waals surface area contributed by atoms with Crippen LogP contribution < -0.4 is 0 Å². The van der Waals surface area contributed by atoms with Gasteiger partial charge in [-0.15, -0.1) is 11.3 Å². The van der Waals surface area contributed by atoms with E-state index in [1.807, 2.05) is 0 Å². The summed E-state index contributed by atoms with van der Waals surface area (Å²) in [7, 11) is 0. The van der Waals surface area contributed by atoms with Crippen molar-refractivity contribution >= 4 is 91.7 Å². The van der Waals surface area contributed by atoms with Gasteiger partial charge in [0.25, 0.3) is 0 Å². The van der Waals surface area contributed by atoms with E-state index in [-0.39, 0.29) is 0 Å². The van der Waals surface area contributed by atoms with Gasteiger partial charge in [0.05, 0.1) is 22.1 Å². The van der Waals surface area contributed by atoms with Gasteiger partial charge in [-0.05, 0) is 69.2 Å². The fraction of sp³-hybridized carbons (Fsp3) is 0. The van der Waals surface area contributed by atoms with Crippen molar-refractivity contribution in [3.05, 3.63) is 152 Å². The predicted octanol–water partition coefficient (Wildman–Crippen LogP) is 12.2. The number of thiophene rings is 1. The lowest BCUT2D eigenvalue weighted by Gasteiger charge is -2.14. The summed E-state index contributed by atoms with van der Waals surface area (Å²) in [5, 5.41) is 9.78. The SMILES string of the molecule is c1ccc2c(c1)ccc1c3cc(-c4ccc(-c5c6ccccc6nc6sc7ccccc7c56)cc4)ccc3n3c4ccccc4nc3c21. The highest BCUT2D eigenvalue weighted by molar-refractivity contribution is 7.25. The zero-order valence-electron chi connectivity index (χ0n) is 25.7. The molecule has 0 amide bonds. The zero-order chi connectivity index (χ0) is 31.3. The molecule has 4 aromatic heterocycles. The molecule has 0 spiro atoms. The largest absolute Gasteiger partial charge is 0.292 e. The Morgan fingerprint density at radius 1 is 0.438 bits per heavy atom. The van der Waals surface area contributed by atoms with E-state index in [1.54, 1.807) is 11.3 Å². The molecule has 222 valence electrons. The zero-order valence-corrected chi connectivity index (χ0v) is 26.5. The van der Waals surface area contributed by atoms with Crippen LogP contribution in [0.3, 0.4) is 0 Å². The third kappa shape index (κ3) is 3.58. The molecule has 0 aliphatic carbocycles. The first-order valence-electron chi connectivity index (χ1n) is 16.3. The van der Waals surface area contributed by atoms with E-state index >= 15 is 0 Å². The van der Waals surface area contributed by atoms with Crippen molar-refractivity contribution in [1.29, 1.82) is 0 Å². The summed E-state index contributed by atoms with van der Waals surface area (Å²) in [6.45, 7) is 0. The maximum atomic E-state index is 5.18. The number of aromatic nitrogens is 3. The van der Waals surface area contributed by atoms with Crippen molar-refractivity contribution in [1.82, 2.24) is 14.4 Å². The first-order valence-corrected chi connectivity index (χ1v) is 17.1. The van der Waals surface area contributed by atoms with E-state index in [2.05, 4.69) is 156 Å². The molecule has 0 atom stereocenters. The molecule has 48 heavy (non-hydrogen) atoms. The van der Waals surface area contributed by atoms with Gasteiger partial charge in [0.2, 0.25) is 0 Å². The van der Waals surface area contributed by atoms with Crippen LogP contribution in [-0.2, 0) is 0 Å². The van der Waals surface area contributed by atoms with Crippen LogP contribution in [0.25, 0.3) is 103 Å². The third-order valence-corrected chi connectivity index (χ3v) is 11.0. The maximum Gasteiger partial charge on any atom is 0.147 e. The van der Waals surface area contributed by atoms with Crippen LogP contribution in [0.1, 0.15) is 0 Å². The second-order valence-corrected chi connectivity index (χ2v) is 13.6. The van der Waals surface area contributed by atoms with Crippen LogP contribution in [0, 0.1) is 0 Å². The van der Waals surface area contributed by atoms with Gasteiger partial charge in [-0.1, -0.05) is 115 Å². The van der Waals surface area contributed by atoms with Gasteiger partial charge >= 0.3 is 0 Å². The lowest BCUT2D eigenvalue weighted by atomic mass is 9.93. The first-order chi connectivity index (χ1) is 23.8. The summed E-state index contributed by atoms with van der Waals surface area (Å²) in [5.41, 5.74) is 10.2. The van der Waals surface area contributed by atoms with Gasteiger partial charge in [-0.2, -0.15) is 0 Å². The molecule has 0 bridgehead atoms. The van der Waals surface area contributed by atoms with Crippen molar-refractivity contribution in [3.8, 4) is 22.3 Å². The number of benzene rings is 7. The molecule has 0 radical (unpaired) electrons. The Kier molecular flexibility index (Phi) is 5.26. The molecule has 3 nitrogen and oxygen atoms in total. The number of rotatable bonds is 2. The van der Waals surface area contributed by atoms with Crippen molar-refractivity contribution in [2.75, 3.05) is 0 Å². The molecule has 0 aliphatic rings. The number of pyridine rings is 2. The normalized spacial score (nSPS) is 12.2. The summed E-state index contributed by atoms with van der Waals surface area (Å²) >= 11 is 1.77. The first kappa shape index (κ1) is 26.0. The molecule has 0 fully saturated rings.